The molecule has 2 rings (SSSR count). The molecule has 2 bridgehead atoms. The molecule has 4 atom stereocenters. The Morgan fingerprint density at radius 2 is 1.92 bits per heavy atom. The van der Waals surface area contributed by atoms with E-state index in [0.29, 0.717) is 30.5 Å². The number of carboxylic acids is 1. The Kier molecular flexibility index (Phi) is 8.54. The van der Waals surface area contributed by atoms with Crippen LogP contribution in [0.3, 0.4) is 0 Å². The van der Waals surface area contributed by atoms with Crippen molar-refractivity contribution in [2.75, 3.05) is 13.2 Å². The van der Waals surface area contributed by atoms with Gasteiger partial charge in [0.15, 0.2) is 0 Å². The summed E-state index contributed by atoms with van der Waals surface area (Å²) in [5.41, 5.74) is 0. The lowest BCUT2D eigenvalue weighted by molar-refractivity contribution is -0.131. The SMILES string of the molecule is CCCCCCOC[C@@H]1[C@H](C/C=C\C/C=C/C(=O)O)[C@@H]2CC[C@H]1O2. The predicted octanol–water partition coefficient (Wildman–Crippen LogP) is 4.35. The summed E-state index contributed by atoms with van der Waals surface area (Å²) in [7, 11) is 0. The van der Waals surface area contributed by atoms with Crippen molar-refractivity contribution < 1.29 is 19.4 Å². The molecule has 0 aliphatic carbocycles. The van der Waals surface area contributed by atoms with Crippen LogP contribution in [-0.4, -0.2) is 36.5 Å². The summed E-state index contributed by atoms with van der Waals surface area (Å²) in [5, 5.41) is 8.56. The summed E-state index contributed by atoms with van der Waals surface area (Å²) in [6, 6.07) is 0. The van der Waals surface area contributed by atoms with Crippen LogP contribution in [0.5, 0.6) is 0 Å². The van der Waals surface area contributed by atoms with Gasteiger partial charge in [0.2, 0.25) is 0 Å². The molecule has 2 aliphatic heterocycles. The van der Waals surface area contributed by atoms with Gasteiger partial charge in [0, 0.05) is 18.6 Å². The largest absolute Gasteiger partial charge is 0.478 e. The Bertz CT molecular complexity index is 429. The maximum Gasteiger partial charge on any atom is 0.327 e. The van der Waals surface area contributed by atoms with Crippen molar-refractivity contribution in [1.29, 1.82) is 0 Å². The molecule has 0 aromatic carbocycles. The molecule has 24 heavy (non-hydrogen) atoms. The zero-order chi connectivity index (χ0) is 17.2. The number of unbranched alkanes of at least 4 members (excludes halogenated alkanes) is 3. The van der Waals surface area contributed by atoms with Crippen molar-refractivity contribution in [3.63, 3.8) is 0 Å². The van der Waals surface area contributed by atoms with Gasteiger partial charge < -0.3 is 14.6 Å². The summed E-state index contributed by atoms with van der Waals surface area (Å²) in [5.74, 6) is 0.189. The van der Waals surface area contributed by atoms with Crippen LogP contribution in [0.1, 0.15) is 58.3 Å². The Balaban J connectivity index is 1.69. The van der Waals surface area contributed by atoms with E-state index in [0.717, 1.165) is 26.1 Å². The maximum atomic E-state index is 10.4. The molecule has 2 saturated heterocycles. The van der Waals surface area contributed by atoms with E-state index in [-0.39, 0.29) is 0 Å². The Morgan fingerprint density at radius 3 is 2.67 bits per heavy atom. The zero-order valence-corrected chi connectivity index (χ0v) is 14.9. The molecule has 0 spiro atoms. The lowest BCUT2D eigenvalue weighted by Crippen LogP contribution is -2.30. The highest BCUT2D eigenvalue weighted by Gasteiger charge is 2.48. The molecule has 2 aliphatic rings. The number of aliphatic carboxylic acids is 1. The molecule has 0 aromatic heterocycles. The molecule has 4 heteroatoms. The van der Waals surface area contributed by atoms with Crippen LogP contribution in [0.4, 0.5) is 0 Å². The fourth-order valence-electron chi connectivity index (χ4n) is 3.88. The number of carbonyl (C=O) groups is 1. The van der Waals surface area contributed by atoms with Crippen molar-refractivity contribution in [2.45, 2.75) is 70.5 Å². The van der Waals surface area contributed by atoms with E-state index in [4.69, 9.17) is 14.6 Å². The highest BCUT2D eigenvalue weighted by molar-refractivity contribution is 5.79. The molecular formula is C20H32O4. The molecule has 0 amide bonds. The lowest BCUT2D eigenvalue weighted by atomic mass is 9.78. The Morgan fingerprint density at radius 1 is 1.12 bits per heavy atom. The summed E-state index contributed by atoms with van der Waals surface area (Å²) >= 11 is 0. The normalized spacial score (nSPS) is 29.2. The second-order valence-electron chi connectivity index (χ2n) is 6.94. The van der Waals surface area contributed by atoms with Gasteiger partial charge in [-0.3, -0.25) is 0 Å². The van der Waals surface area contributed by atoms with Gasteiger partial charge in [-0.2, -0.15) is 0 Å². The minimum Gasteiger partial charge on any atom is -0.478 e. The van der Waals surface area contributed by atoms with Crippen LogP contribution in [0.2, 0.25) is 0 Å². The van der Waals surface area contributed by atoms with Gasteiger partial charge in [-0.05, 0) is 38.0 Å². The number of hydrogen-bond acceptors (Lipinski definition) is 3. The predicted molar refractivity (Wildman–Crippen MR) is 95.0 cm³/mol. The second-order valence-corrected chi connectivity index (χ2v) is 6.94. The highest BCUT2D eigenvalue weighted by Crippen LogP contribution is 2.45. The van der Waals surface area contributed by atoms with E-state index in [1.165, 1.54) is 38.2 Å². The summed E-state index contributed by atoms with van der Waals surface area (Å²) in [6.07, 6.45) is 16.9. The van der Waals surface area contributed by atoms with Crippen LogP contribution in [0, 0.1) is 11.8 Å². The maximum absolute atomic E-state index is 10.4. The first-order chi connectivity index (χ1) is 11.7. The van der Waals surface area contributed by atoms with Crippen molar-refractivity contribution in [2.24, 2.45) is 11.8 Å². The van der Waals surface area contributed by atoms with Crippen molar-refractivity contribution in [3.05, 3.63) is 24.3 Å². The molecule has 4 nitrogen and oxygen atoms in total. The van der Waals surface area contributed by atoms with Gasteiger partial charge in [-0.25, -0.2) is 4.79 Å². The van der Waals surface area contributed by atoms with Crippen molar-refractivity contribution >= 4 is 5.97 Å². The fourth-order valence-corrected chi connectivity index (χ4v) is 3.88. The third-order valence-electron chi connectivity index (χ3n) is 5.15. The highest BCUT2D eigenvalue weighted by atomic mass is 16.5. The van der Waals surface area contributed by atoms with E-state index < -0.39 is 5.97 Å². The summed E-state index contributed by atoms with van der Waals surface area (Å²) in [4.78, 5) is 10.4. The molecule has 136 valence electrons. The third-order valence-corrected chi connectivity index (χ3v) is 5.15. The average molecular weight is 336 g/mol. The second kappa shape index (κ2) is 10.7. The topological polar surface area (TPSA) is 55.8 Å². The smallest absolute Gasteiger partial charge is 0.327 e. The quantitative estimate of drug-likeness (QED) is 0.327. The number of rotatable bonds is 12. The van der Waals surface area contributed by atoms with Crippen LogP contribution in [0.15, 0.2) is 24.3 Å². The standard InChI is InChI=1S/C20H32O4/c1-2-3-4-9-14-23-15-17-16(18-12-13-19(17)24-18)10-7-5-6-8-11-20(21)22/h5,7-8,11,16-19H,2-4,6,9-10,12-15H2,1H3,(H,21,22)/b7-5-,11-8+/t16-,17+,18-,19+/m0/s1. The van der Waals surface area contributed by atoms with Crippen LogP contribution in [0.25, 0.3) is 0 Å². The van der Waals surface area contributed by atoms with Gasteiger partial charge in [0.1, 0.15) is 0 Å². The minimum atomic E-state index is -0.888. The van der Waals surface area contributed by atoms with E-state index >= 15 is 0 Å². The number of allylic oxidation sites excluding steroid dienone is 3. The van der Waals surface area contributed by atoms with Gasteiger partial charge in [0.05, 0.1) is 18.8 Å². The first-order valence-corrected chi connectivity index (χ1v) is 9.50. The fraction of sp³-hybridized carbons (Fsp3) is 0.750. The van der Waals surface area contributed by atoms with E-state index in [9.17, 15) is 4.79 Å². The summed E-state index contributed by atoms with van der Waals surface area (Å²) < 4.78 is 12.0. The van der Waals surface area contributed by atoms with Crippen LogP contribution >= 0.6 is 0 Å². The number of ether oxygens (including phenoxy) is 2. The molecule has 1 N–H and O–H groups in total. The zero-order valence-electron chi connectivity index (χ0n) is 14.9. The molecule has 2 fully saturated rings. The van der Waals surface area contributed by atoms with Gasteiger partial charge >= 0.3 is 5.97 Å². The minimum absolute atomic E-state index is 0.385. The molecule has 0 saturated carbocycles. The van der Waals surface area contributed by atoms with Gasteiger partial charge in [-0.1, -0.05) is 44.4 Å². The van der Waals surface area contributed by atoms with Crippen LogP contribution < -0.4 is 0 Å². The van der Waals surface area contributed by atoms with E-state index in [1.54, 1.807) is 6.08 Å². The molecular weight excluding hydrogens is 304 g/mol. The van der Waals surface area contributed by atoms with Gasteiger partial charge in [0.25, 0.3) is 0 Å². The first kappa shape index (κ1) is 19.2. The van der Waals surface area contributed by atoms with Crippen molar-refractivity contribution in [3.8, 4) is 0 Å². The van der Waals surface area contributed by atoms with E-state index in [1.807, 2.05) is 6.08 Å². The van der Waals surface area contributed by atoms with E-state index in [2.05, 4.69) is 13.0 Å². The first-order valence-electron chi connectivity index (χ1n) is 9.50. The molecule has 0 aromatic rings. The molecule has 0 radical (unpaired) electrons. The molecule has 0 unspecified atom stereocenters. The van der Waals surface area contributed by atoms with Gasteiger partial charge in [-0.15, -0.1) is 0 Å². The molecule has 2 heterocycles. The Labute approximate surface area is 145 Å². The number of fused-ring (bicyclic) bond motifs is 2. The average Bonchev–Trinajstić information content (AvgIpc) is 3.15. The summed E-state index contributed by atoms with van der Waals surface area (Å²) in [6.45, 7) is 3.92. The number of hydrogen-bond donors (Lipinski definition) is 1. The third kappa shape index (κ3) is 6.06. The van der Waals surface area contributed by atoms with Crippen LogP contribution in [-0.2, 0) is 14.3 Å². The van der Waals surface area contributed by atoms with Crippen molar-refractivity contribution in [1.82, 2.24) is 0 Å². The lowest BCUT2D eigenvalue weighted by Gasteiger charge is -2.27. The Hall–Kier alpha value is -1.13. The monoisotopic (exact) mass is 336 g/mol. The number of carboxylic acid groups (broad SMARTS) is 1.